The van der Waals surface area contributed by atoms with Crippen molar-refractivity contribution in [3.63, 3.8) is 0 Å². The number of aromatic carboxylic acids is 1. The molecule has 0 unspecified atom stereocenters. The van der Waals surface area contributed by atoms with E-state index >= 15 is 0 Å². The van der Waals surface area contributed by atoms with Gasteiger partial charge in [0.15, 0.2) is 5.69 Å². The molecule has 0 atom stereocenters. The molecule has 2 heterocycles. The Morgan fingerprint density at radius 3 is 2.41 bits per heavy atom. The molecule has 0 aliphatic rings. The third kappa shape index (κ3) is 1.60. The predicted molar refractivity (Wildman–Crippen MR) is 62.4 cm³/mol. The molecule has 0 aromatic carbocycles. The van der Waals surface area contributed by atoms with Gasteiger partial charge < -0.3 is 5.11 Å². The van der Waals surface area contributed by atoms with Crippen molar-refractivity contribution in [2.75, 3.05) is 0 Å². The Balaban J connectivity index is 2.81. The number of aryl methyl sites for hydroxylation is 2. The second-order valence-electron chi connectivity index (χ2n) is 5.20. The number of imidazole rings is 1. The number of aromatic nitrogens is 4. The standard InChI is InChI=1S/C11H16N4O2/c1-6-7(8(16)17)15-10(12-6)14(5)9(13-15)11(2,3)4/h1-5H3,(H,16,17). The van der Waals surface area contributed by atoms with Crippen LogP contribution in [0, 0.1) is 6.92 Å². The number of rotatable bonds is 1. The number of carbonyl (C=O) groups is 1. The highest BCUT2D eigenvalue weighted by atomic mass is 16.4. The second-order valence-corrected chi connectivity index (χ2v) is 5.20. The molecule has 6 nitrogen and oxygen atoms in total. The molecule has 0 amide bonds. The summed E-state index contributed by atoms with van der Waals surface area (Å²) in [5.41, 5.74) is 0.459. The molecule has 2 aromatic rings. The number of fused-ring (bicyclic) bond motifs is 1. The Morgan fingerprint density at radius 1 is 1.35 bits per heavy atom. The Labute approximate surface area is 98.9 Å². The monoisotopic (exact) mass is 236 g/mol. The van der Waals surface area contributed by atoms with Crippen LogP contribution in [-0.4, -0.2) is 30.2 Å². The summed E-state index contributed by atoms with van der Waals surface area (Å²) in [6, 6.07) is 0. The Morgan fingerprint density at radius 2 is 1.94 bits per heavy atom. The fourth-order valence-electron chi connectivity index (χ4n) is 1.97. The third-order valence-electron chi connectivity index (χ3n) is 2.70. The zero-order valence-electron chi connectivity index (χ0n) is 10.6. The van der Waals surface area contributed by atoms with E-state index in [1.54, 1.807) is 6.92 Å². The van der Waals surface area contributed by atoms with Crippen molar-refractivity contribution in [2.45, 2.75) is 33.1 Å². The largest absolute Gasteiger partial charge is 0.476 e. The van der Waals surface area contributed by atoms with Gasteiger partial charge in [0, 0.05) is 12.5 Å². The zero-order chi connectivity index (χ0) is 13.0. The van der Waals surface area contributed by atoms with Crippen molar-refractivity contribution in [1.29, 1.82) is 0 Å². The van der Waals surface area contributed by atoms with Gasteiger partial charge in [0.05, 0.1) is 5.69 Å². The van der Waals surface area contributed by atoms with Crippen LogP contribution in [0.25, 0.3) is 5.78 Å². The first-order valence-corrected chi connectivity index (χ1v) is 5.39. The van der Waals surface area contributed by atoms with E-state index in [9.17, 15) is 4.79 Å². The van der Waals surface area contributed by atoms with Gasteiger partial charge in [-0.05, 0) is 6.92 Å². The average Bonchev–Trinajstić information content (AvgIpc) is 2.61. The second kappa shape index (κ2) is 3.32. The first-order valence-electron chi connectivity index (χ1n) is 5.39. The fourth-order valence-corrected chi connectivity index (χ4v) is 1.97. The minimum Gasteiger partial charge on any atom is -0.476 e. The van der Waals surface area contributed by atoms with Gasteiger partial charge in [-0.2, -0.15) is 9.61 Å². The molecule has 0 saturated heterocycles. The van der Waals surface area contributed by atoms with Gasteiger partial charge in [0.2, 0.25) is 5.78 Å². The number of hydrogen-bond donors (Lipinski definition) is 1. The molecule has 0 bridgehead atoms. The highest BCUT2D eigenvalue weighted by Gasteiger charge is 2.26. The van der Waals surface area contributed by atoms with E-state index in [4.69, 9.17) is 5.11 Å². The molecular weight excluding hydrogens is 220 g/mol. The quantitative estimate of drug-likeness (QED) is 0.811. The minimum atomic E-state index is -1.01. The Bertz CT molecular complexity index is 601. The number of hydrogen-bond acceptors (Lipinski definition) is 3. The molecule has 0 spiro atoms. The maximum atomic E-state index is 11.2. The molecule has 0 aliphatic heterocycles. The number of carboxylic acids is 1. The topological polar surface area (TPSA) is 72.4 Å². The zero-order valence-corrected chi connectivity index (χ0v) is 10.6. The van der Waals surface area contributed by atoms with Crippen LogP contribution in [0.15, 0.2) is 0 Å². The van der Waals surface area contributed by atoms with E-state index in [2.05, 4.69) is 10.1 Å². The Kier molecular flexibility index (Phi) is 2.27. The lowest BCUT2D eigenvalue weighted by molar-refractivity contribution is 0.0687. The highest BCUT2D eigenvalue weighted by molar-refractivity contribution is 5.87. The summed E-state index contributed by atoms with van der Waals surface area (Å²) >= 11 is 0. The van der Waals surface area contributed by atoms with Gasteiger partial charge in [-0.15, -0.1) is 0 Å². The van der Waals surface area contributed by atoms with Crippen LogP contribution in [0.5, 0.6) is 0 Å². The van der Waals surface area contributed by atoms with Crippen LogP contribution in [0.3, 0.4) is 0 Å². The van der Waals surface area contributed by atoms with E-state index in [0.717, 1.165) is 5.82 Å². The van der Waals surface area contributed by atoms with Crippen LogP contribution in [-0.2, 0) is 12.5 Å². The van der Waals surface area contributed by atoms with Gasteiger partial charge in [-0.1, -0.05) is 20.8 Å². The van der Waals surface area contributed by atoms with E-state index < -0.39 is 5.97 Å². The van der Waals surface area contributed by atoms with Gasteiger partial charge >= 0.3 is 5.97 Å². The van der Waals surface area contributed by atoms with E-state index in [1.165, 1.54) is 4.52 Å². The lowest BCUT2D eigenvalue weighted by Gasteiger charge is -2.16. The van der Waals surface area contributed by atoms with Crippen molar-refractivity contribution in [2.24, 2.45) is 7.05 Å². The summed E-state index contributed by atoms with van der Waals surface area (Å²) in [4.78, 5) is 15.4. The first kappa shape index (κ1) is 11.6. The van der Waals surface area contributed by atoms with Crippen LogP contribution in [0.4, 0.5) is 0 Å². The normalized spacial score (nSPS) is 12.3. The maximum absolute atomic E-state index is 11.2. The molecule has 0 fully saturated rings. The summed E-state index contributed by atoms with van der Waals surface area (Å²) in [7, 11) is 1.85. The lowest BCUT2D eigenvalue weighted by Crippen LogP contribution is -2.18. The molecule has 0 aliphatic carbocycles. The predicted octanol–water partition coefficient (Wildman–Crippen LogP) is 1.37. The van der Waals surface area contributed by atoms with Crippen molar-refractivity contribution < 1.29 is 9.90 Å². The number of nitrogens with zero attached hydrogens (tertiary/aromatic N) is 4. The SMILES string of the molecule is Cc1nc2n(C)c(C(C)(C)C)nn2c1C(=O)O. The van der Waals surface area contributed by atoms with Crippen molar-refractivity contribution in [3.8, 4) is 0 Å². The van der Waals surface area contributed by atoms with Gasteiger partial charge in [0.25, 0.3) is 0 Å². The van der Waals surface area contributed by atoms with Crippen molar-refractivity contribution in [1.82, 2.24) is 19.2 Å². The van der Waals surface area contributed by atoms with Gasteiger partial charge in [-0.3, -0.25) is 4.57 Å². The first-order chi connectivity index (χ1) is 7.73. The molecular formula is C11H16N4O2. The van der Waals surface area contributed by atoms with E-state index in [-0.39, 0.29) is 11.1 Å². The van der Waals surface area contributed by atoms with E-state index in [1.807, 2.05) is 32.4 Å². The summed E-state index contributed by atoms with van der Waals surface area (Å²) in [6.45, 7) is 7.76. The smallest absolute Gasteiger partial charge is 0.356 e. The fraction of sp³-hybridized carbons (Fsp3) is 0.545. The van der Waals surface area contributed by atoms with Crippen molar-refractivity contribution >= 4 is 11.7 Å². The van der Waals surface area contributed by atoms with Gasteiger partial charge in [-0.25, -0.2) is 9.78 Å². The van der Waals surface area contributed by atoms with Crippen LogP contribution >= 0.6 is 0 Å². The van der Waals surface area contributed by atoms with Crippen LogP contribution in [0.2, 0.25) is 0 Å². The number of carboxylic acid groups (broad SMARTS) is 1. The lowest BCUT2D eigenvalue weighted by atomic mass is 9.96. The summed E-state index contributed by atoms with van der Waals surface area (Å²) in [6.07, 6.45) is 0. The van der Waals surface area contributed by atoms with Crippen molar-refractivity contribution in [3.05, 3.63) is 17.2 Å². The van der Waals surface area contributed by atoms with E-state index in [0.29, 0.717) is 11.5 Å². The Hall–Kier alpha value is -1.85. The maximum Gasteiger partial charge on any atom is 0.356 e. The molecule has 1 N–H and O–H groups in total. The minimum absolute atomic E-state index is 0.131. The summed E-state index contributed by atoms with van der Waals surface area (Å²) in [5.74, 6) is 0.362. The summed E-state index contributed by atoms with van der Waals surface area (Å²) in [5, 5.41) is 13.5. The molecule has 6 heteroatoms. The molecule has 0 saturated carbocycles. The average molecular weight is 236 g/mol. The molecule has 2 aromatic heterocycles. The molecule has 0 radical (unpaired) electrons. The highest BCUT2D eigenvalue weighted by Crippen LogP contribution is 2.22. The third-order valence-corrected chi connectivity index (χ3v) is 2.70. The van der Waals surface area contributed by atoms with Gasteiger partial charge in [0.1, 0.15) is 5.82 Å². The van der Waals surface area contributed by atoms with Crippen LogP contribution < -0.4 is 0 Å². The molecule has 92 valence electrons. The van der Waals surface area contributed by atoms with Crippen LogP contribution in [0.1, 0.15) is 42.8 Å². The molecule has 17 heavy (non-hydrogen) atoms. The summed E-state index contributed by atoms with van der Waals surface area (Å²) < 4.78 is 3.23. The molecule has 2 rings (SSSR count).